The number of likely N-dealkylation sites (N-methyl/N-ethyl adjacent to an activating group) is 1. The van der Waals surface area contributed by atoms with Crippen molar-refractivity contribution in [1.29, 1.82) is 0 Å². The first kappa shape index (κ1) is 13.3. The highest BCUT2D eigenvalue weighted by Gasteiger charge is 2.15. The van der Waals surface area contributed by atoms with Crippen LogP contribution in [0.4, 0.5) is 5.82 Å². The molecule has 0 bridgehead atoms. The topological polar surface area (TPSA) is 32.3 Å². The lowest BCUT2D eigenvalue weighted by Gasteiger charge is -2.22. The van der Waals surface area contributed by atoms with Crippen molar-refractivity contribution in [2.45, 2.75) is 33.6 Å². The second kappa shape index (κ2) is 6.14. The van der Waals surface area contributed by atoms with Crippen LogP contribution in [0, 0.1) is 6.92 Å². The van der Waals surface area contributed by atoms with Crippen molar-refractivity contribution < 1.29 is 0 Å². The Bertz CT molecular complexity index is 391. The summed E-state index contributed by atoms with van der Waals surface area (Å²) < 4.78 is 0. The summed E-state index contributed by atoms with van der Waals surface area (Å²) >= 11 is 0. The summed E-state index contributed by atoms with van der Waals surface area (Å²) in [6, 6.07) is 2.15. The smallest absolute Gasteiger partial charge is 0.132 e. The van der Waals surface area contributed by atoms with Gasteiger partial charge in [-0.15, -0.1) is 0 Å². The van der Waals surface area contributed by atoms with Crippen molar-refractivity contribution in [1.82, 2.24) is 14.9 Å². The second-order valence-corrected chi connectivity index (χ2v) is 4.89. The fourth-order valence-corrected chi connectivity index (χ4v) is 2.47. The van der Waals surface area contributed by atoms with Gasteiger partial charge in [-0.2, -0.15) is 0 Å². The summed E-state index contributed by atoms with van der Waals surface area (Å²) in [4.78, 5) is 14.0. The van der Waals surface area contributed by atoms with Crippen molar-refractivity contribution >= 4 is 5.82 Å². The molecule has 0 N–H and O–H groups in total. The van der Waals surface area contributed by atoms with Gasteiger partial charge in [0.25, 0.3) is 0 Å². The molecule has 1 aromatic heterocycles. The van der Waals surface area contributed by atoms with Gasteiger partial charge in [0.1, 0.15) is 11.6 Å². The molecule has 1 saturated heterocycles. The van der Waals surface area contributed by atoms with E-state index in [9.17, 15) is 0 Å². The van der Waals surface area contributed by atoms with Gasteiger partial charge < -0.3 is 9.80 Å². The second-order valence-electron chi connectivity index (χ2n) is 4.89. The summed E-state index contributed by atoms with van der Waals surface area (Å²) in [5, 5.41) is 0. The molecule has 0 saturated carbocycles. The quantitative estimate of drug-likeness (QED) is 0.817. The molecule has 2 rings (SSSR count). The summed E-state index contributed by atoms with van der Waals surface area (Å²) in [6.07, 6.45) is 2.20. The van der Waals surface area contributed by atoms with Crippen molar-refractivity contribution in [2.24, 2.45) is 0 Å². The third-order valence-electron chi connectivity index (χ3n) is 3.60. The van der Waals surface area contributed by atoms with Gasteiger partial charge in [-0.05, 0) is 32.9 Å². The van der Waals surface area contributed by atoms with Gasteiger partial charge in [0.05, 0.1) is 0 Å². The van der Waals surface area contributed by atoms with Crippen molar-refractivity contribution in [3.63, 3.8) is 0 Å². The number of anilines is 1. The van der Waals surface area contributed by atoms with Gasteiger partial charge in [-0.25, -0.2) is 9.97 Å². The van der Waals surface area contributed by atoms with Crippen LogP contribution in [0.1, 0.15) is 31.8 Å². The van der Waals surface area contributed by atoms with E-state index in [4.69, 9.17) is 0 Å². The average Bonchev–Trinajstić information content (AvgIpc) is 2.63. The van der Waals surface area contributed by atoms with E-state index >= 15 is 0 Å². The monoisotopic (exact) mass is 248 g/mol. The Kier molecular flexibility index (Phi) is 4.53. The van der Waals surface area contributed by atoms with E-state index in [2.05, 4.69) is 39.7 Å². The summed E-state index contributed by atoms with van der Waals surface area (Å²) in [5.74, 6) is 2.00. The first-order valence-electron chi connectivity index (χ1n) is 7.04. The van der Waals surface area contributed by atoms with Crippen molar-refractivity contribution in [2.75, 3.05) is 37.6 Å². The molecule has 4 nitrogen and oxygen atoms in total. The molecule has 0 atom stereocenters. The van der Waals surface area contributed by atoms with Gasteiger partial charge in [-0.3, -0.25) is 0 Å². The summed E-state index contributed by atoms with van der Waals surface area (Å²) in [6.45, 7) is 12.0. The Morgan fingerprint density at radius 1 is 1.11 bits per heavy atom. The van der Waals surface area contributed by atoms with Crippen LogP contribution in [0.25, 0.3) is 0 Å². The highest BCUT2D eigenvalue weighted by Crippen LogP contribution is 2.15. The van der Waals surface area contributed by atoms with Crippen molar-refractivity contribution in [3.8, 4) is 0 Å². The number of hydrogen-bond donors (Lipinski definition) is 0. The minimum atomic E-state index is 0.890. The molecule has 0 aliphatic carbocycles. The molecule has 1 aromatic rings. The number of nitrogens with zero attached hydrogens (tertiary/aromatic N) is 4. The van der Waals surface area contributed by atoms with Crippen molar-refractivity contribution in [3.05, 3.63) is 17.6 Å². The Morgan fingerprint density at radius 3 is 2.67 bits per heavy atom. The van der Waals surface area contributed by atoms with Crippen LogP contribution in [-0.2, 0) is 6.42 Å². The Hall–Kier alpha value is -1.16. The number of rotatable bonds is 3. The van der Waals surface area contributed by atoms with Gasteiger partial charge in [0.2, 0.25) is 0 Å². The van der Waals surface area contributed by atoms with E-state index in [1.54, 1.807) is 0 Å². The largest absolute Gasteiger partial charge is 0.355 e. The Morgan fingerprint density at radius 2 is 1.94 bits per heavy atom. The zero-order valence-corrected chi connectivity index (χ0v) is 11.8. The standard InChI is InChI=1S/C14H24N4/c1-4-13-11-14(16-12(3)15-13)18-8-6-7-17(5-2)9-10-18/h11H,4-10H2,1-3H3. The maximum absolute atomic E-state index is 4.59. The molecule has 0 radical (unpaired) electrons. The lowest BCUT2D eigenvalue weighted by molar-refractivity contribution is 0.310. The molecule has 0 spiro atoms. The average molecular weight is 248 g/mol. The van der Waals surface area contributed by atoms with E-state index < -0.39 is 0 Å². The van der Waals surface area contributed by atoms with Gasteiger partial charge in [0, 0.05) is 31.4 Å². The van der Waals surface area contributed by atoms with Crippen LogP contribution in [-0.4, -0.2) is 47.6 Å². The van der Waals surface area contributed by atoms with E-state index in [-0.39, 0.29) is 0 Å². The van der Waals surface area contributed by atoms with E-state index in [1.165, 1.54) is 13.0 Å². The minimum Gasteiger partial charge on any atom is -0.355 e. The first-order chi connectivity index (χ1) is 8.72. The zero-order valence-electron chi connectivity index (χ0n) is 11.8. The molecule has 1 aliphatic rings. The third kappa shape index (κ3) is 3.19. The van der Waals surface area contributed by atoms with Gasteiger partial charge >= 0.3 is 0 Å². The molecule has 0 aromatic carbocycles. The molecule has 1 aliphatic heterocycles. The molecular weight excluding hydrogens is 224 g/mol. The Labute approximate surface area is 110 Å². The van der Waals surface area contributed by atoms with Crippen LogP contribution >= 0.6 is 0 Å². The van der Waals surface area contributed by atoms with E-state index in [0.29, 0.717) is 0 Å². The Balaban J connectivity index is 2.13. The normalized spacial score (nSPS) is 17.8. The van der Waals surface area contributed by atoms with Gasteiger partial charge in [-0.1, -0.05) is 13.8 Å². The SMILES string of the molecule is CCc1cc(N2CCCN(CC)CC2)nc(C)n1. The molecular formula is C14H24N4. The van der Waals surface area contributed by atoms with Crippen LogP contribution in [0.5, 0.6) is 0 Å². The molecule has 0 unspecified atom stereocenters. The predicted molar refractivity (Wildman–Crippen MR) is 75.1 cm³/mol. The highest BCUT2D eigenvalue weighted by atomic mass is 15.2. The molecule has 1 fully saturated rings. The fourth-order valence-electron chi connectivity index (χ4n) is 2.47. The highest BCUT2D eigenvalue weighted by molar-refractivity contribution is 5.40. The zero-order chi connectivity index (χ0) is 13.0. The summed E-state index contributed by atoms with van der Waals surface area (Å²) in [5.41, 5.74) is 1.15. The lowest BCUT2D eigenvalue weighted by Crippen LogP contribution is -2.31. The molecule has 0 amide bonds. The number of hydrogen-bond acceptors (Lipinski definition) is 4. The molecule has 100 valence electrons. The first-order valence-corrected chi connectivity index (χ1v) is 7.04. The van der Waals surface area contributed by atoms with Crippen LogP contribution in [0.15, 0.2) is 6.07 Å². The van der Waals surface area contributed by atoms with Crippen LogP contribution < -0.4 is 4.90 Å². The molecule has 4 heteroatoms. The van der Waals surface area contributed by atoms with E-state index in [0.717, 1.165) is 49.9 Å². The third-order valence-corrected chi connectivity index (χ3v) is 3.60. The maximum atomic E-state index is 4.59. The lowest BCUT2D eigenvalue weighted by atomic mass is 10.3. The number of aryl methyl sites for hydroxylation is 2. The minimum absolute atomic E-state index is 0.890. The van der Waals surface area contributed by atoms with Crippen LogP contribution in [0.2, 0.25) is 0 Å². The van der Waals surface area contributed by atoms with Gasteiger partial charge in [0.15, 0.2) is 0 Å². The molecule has 2 heterocycles. The van der Waals surface area contributed by atoms with Crippen LogP contribution in [0.3, 0.4) is 0 Å². The van der Waals surface area contributed by atoms with E-state index in [1.807, 2.05) is 6.92 Å². The number of aromatic nitrogens is 2. The molecule has 18 heavy (non-hydrogen) atoms. The summed E-state index contributed by atoms with van der Waals surface area (Å²) in [7, 11) is 0. The maximum Gasteiger partial charge on any atom is 0.132 e. The predicted octanol–water partition coefficient (Wildman–Crippen LogP) is 1.88. The fraction of sp³-hybridized carbons (Fsp3) is 0.714.